The van der Waals surface area contributed by atoms with Gasteiger partial charge >= 0.3 is 0 Å². The Morgan fingerprint density at radius 3 is 2.83 bits per heavy atom. The summed E-state index contributed by atoms with van der Waals surface area (Å²) in [6.45, 7) is 4.68. The van der Waals surface area contributed by atoms with E-state index in [0.29, 0.717) is 18.8 Å². The number of hydrogen-bond donors (Lipinski definition) is 1. The van der Waals surface area contributed by atoms with E-state index in [9.17, 15) is 4.39 Å². The van der Waals surface area contributed by atoms with Crippen molar-refractivity contribution in [2.75, 3.05) is 18.1 Å². The van der Waals surface area contributed by atoms with Crippen LogP contribution < -0.4 is 10.5 Å². The second kappa shape index (κ2) is 8.38. The normalized spacial score (nSPS) is 12.4. The fourth-order valence-corrected chi connectivity index (χ4v) is 2.30. The van der Waals surface area contributed by atoms with Gasteiger partial charge in [0.05, 0.1) is 6.61 Å². The van der Waals surface area contributed by atoms with Gasteiger partial charge in [-0.15, -0.1) is 0 Å². The maximum Gasteiger partial charge on any atom is 0.127 e. The largest absolute Gasteiger partial charge is 0.493 e. The Hall–Kier alpha value is -0.740. The second-order valence-electron chi connectivity index (χ2n) is 4.38. The highest BCUT2D eigenvalue weighted by Crippen LogP contribution is 2.18. The molecule has 1 aromatic carbocycles. The van der Waals surface area contributed by atoms with Crippen molar-refractivity contribution < 1.29 is 9.13 Å². The van der Waals surface area contributed by atoms with Crippen LogP contribution in [-0.2, 0) is 6.42 Å². The standard InChI is InChI=1S/C14H22FNOS/c1-3-18-6-4-5-17-14-9-12(7-11(2)16)8-13(15)10-14/h8-11H,3-7,16H2,1-2H3. The first-order valence-corrected chi connectivity index (χ1v) is 7.53. The SMILES string of the molecule is CCSCCCOc1cc(F)cc(CC(C)N)c1. The van der Waals surface area contributed by atoms with Crippen LogP contribution in [-0.4, -0.2) is 24.2 Å². The van der Waals surface area contributed by atoms with Gasteiger partial charge < -0.3 is 10.5 Å². The highest BCUT2D eigenvalue weighted by molar-refractivity contribution is 7.99. The smallest absolute Gasteiger partial charge is 0.127 e. The van der Waals surface area contributed by atoms with E-state index in [-0.39, 0.29) is 11.9 Å². The van der Waals surface area contributed by atoms with Gasteiger partial charge in [0, 0.05) is 12.1 Å². The summed E-state index contributed by atoms with van der Waals surface area (Å²) in [5, 5.41) is 0. The van der Waals surface area contributed by atoms with Crippen molar-refractivity contribution in [3.05, 3.63) is 29.6 Å². The molecule has 0 spiro atoms. The van der Waals surface area contributed by atoms with Gasteiger partial charge in [-0.05, 0) is 49.0 Å². The first kappa shape index (κ1) is 15.3. The first-order chi connectivity index (χ1) is 8.61. The topological polar surface area (TPSA) is 35.2 Å². The van der Waals surface area contributed by atoms with Crippen molar-refractivity contribution in [1.82, 2.24) is 0 Å². The molecule has 2 N–H and O–H groups in total. The van der Waals surface area contributed by atoms with Gasteiger partial charge in [-0.3, -0.25) is 0 Å². The number of hydrogen-bond acceptors (Lipinski definition) is 3. The lowest BCUT2D eigenvalue weighted by molar-refractivity contribution is 0.316. The van der Waals surface area contributed by atoms with Crippen molar-refractivity contribution in [3.8, 4) is 5.75 Å². The average Bonchev–Trinajstić information content (AvgIpc) is 2.27. The fraction of sp³-hybridized carbons (Fsp3) is 0.571. The Morgan fingerprint density at radius 1 is 1.39 bits per heavy atom. The fourth-order valence-electron chi connectivity index (χ4n) is 1.69. The molecule has 0 saturated heterocycles. The monoisotopic (exact) mass is 271 g/mol. The molecule has 1 unspecified atom stereocenters. The van der Waals surface area contributed by atoms with Gasteiger partial charge in [0.2, 0.25) is 0 Å². The molecule has 4 heteroatoms. The van der Waals surface area contributed by atoms with Gasteiger partial charge in [-0.2, -0.15) is 11.8 Å². The highest BCUT2D eigenvalue weighted by atomic mass is 32.2. The summed E-state index contributed by atoms with van der Waals surface area (Å²) < 4.78 is 18.9. The Labute approximate surface area is 113 Å². The molecule has 0 fully saturated rings. The highest BCUT2D eigenvalue weighted by Gasteiger charge is 2.04. The van der Waals surface area contributed by atoms with Gasteiger partial charge in [0.25, 0.3) is 0 Å². The minimum atomic E-state index is -0.258. The summed E-state index contributed by atoms with van der Waals surface area (Å²) in [5.41, 5.74) is 6.61. The molecule has 0 saturated carbocycles. The summed E-state index contributed by atoms with van der Waals surface area (Å²) in [5.74, 6) is 2.55. The zero-order valence-electron chi connectivity index (χ0n) is 11.1. The quantitative estimate of drug-likeness (QED) is 0.737. The zero-order chi connectivity index (χ0) is 13.4. The van der Waals surface area contributed by atoms with Gasteiger partial charge in [-0.25, -0.2) is 4.39 Å². The van der Waals surface area contributed by atoms with E-state index in [0.717, 1.165) is 23.5 Å². The Kier molecular flexibility index (Phi) is 7.13. The Bertz CT molecular complexity index is 358. The molecule has 102 valence electrons. The van der Waals surface area contributed by atoms with Crippen LogP contribution in [0, 0.1) is 5.82 Å². The molecule has 0 aromatic heterocycles. The second-order valence-corrected chi connectivity index (χ2v) is 5.77. The Morgan fingerprint density at radius 2 is 2.17 bits per heavy atom. The molecule has 18 heavy (non-hydrogen) atoms. The maximum atomic E-state index is 13.4. The molecule has 0 heterocycles. The molecule has 1 atom stereocenters. The maximum absolute atomic E-state index is 13.4. The summed E-state index contributed by atoms with van der Waals surface area (Å²) in [4.78, 5) is 0. The van der Waals surface area contributed by atoms with Crippen LogP contribution in [0.1, 0.15) is 25.8 Å². The summed E-state index contributed by atoms with van der Waals surface area (Å²) >= 11 is 1.89. The van der Waals surface area contributed by atoms with Crippen molar-refractivity contribution in [3.63, 3.8) is 0 Å². The molecule has 0 aliphatic heterocycles. The number of nitrogens with two attached hydrogens (primary N) is 1. The zero-order valence-corrected chi connectivity index (χ0v) is 11.9. The van der Waals surface area contributed by atoms with E-state index in [1.807, 2.05) is 24.8 Å². The van der Waals surface area contributed by atoms with Gasteiger partial charge in [-0.1, -0.05) is 6.92 Å². The molecule has 0 aliphatic rings. The van der Waals surface area contributed by atoms with Gasteiger partial charge in [0.1, 0.15) is 11.6 Å². The lowest BCUT2D eigenvalue weighted by atomic mass is 10.1. The van der Waals surface area contributed by atoms with Crippen molar-refractivity contribution in [2.24, 2.45) is 5.73 Å². The van der Waals surface area contributed by atoms with Crippen molar-refractivity contribution in [2.45, 2.75) is 32.7 Å². The number of thioether (sulfide) groups is 1. The first-order valence-electron chi connectivity index (χ1n) is 6.37. The minimum Gasteiger partial charge on any atom is -0.493 e. The molecular formula is C14H22FNOS. The number of rotatable bonds is 8. The predicted molar refractivity (Wildman–Crippen MR) is 76.9 cm³/mol. The van der Waals surface area contributed by atoms with E-state index in [1.54, 1.807) is 0 Å². The summed E-state index contributed by atoms with van der Waals surface area (Å²) in [7, 11) is 0. The van der Waals surface area contributed by atoms with Crippen LogP contribution in [0.5, 0.6) is 5.75 Å². The molecule has 0 radical (unpaired) electrons. The molecule has 0 aliphatic carbocycles. The van der Waals surface area contributed by atoms with Crippen LogP contribution in [0.25, 0.3) is 0 Å². The minimum absolute atomic E-state index is 0.0283. The van der Waals surface area contributed by atoms with Crippen LogP contribution in [0.4, 0.5) is 4.39 Å². The van der Waals surface area contributed by atoms with E-state index in [4.69, 9.17) is 10.5 Å². The average molecular weight is 271 g/mol. The third-order valence-electron chi connectivity index (χ3n) is 2.39. The molecular weight excluding hydrogens is 249 g/mol. The molecule has 0 amide bonds. The number of benzene rings is 1. The third kappa shape index (κ3) is 6.26. The summed E-state index contributed by atoms with van der Waals surface area (Å²) in [6.07, 6.45) is 1.65. The molecule has 2 nitrogen and oxygen atoms in total. The lowest BCUT2D eigenvalue weighted by Crippen LogP contribution is -2.17. The van der Waals surface area contributed by atoms with Crippen LogP contribution in [0.15, 0.2) is 18.2 Å². The van der Waals surface area contributed by atoms with Crippen LogP contribution >= 0.6 is 11.8 Å². The van der Waals surface area contributed by atoms with E-state index in [2.05, 4.69) is 6.92 Å². The number of halogens is 1. The Balaban J connectivity index is 2.46. The number of ether oxygens (including phenoxy) is 1. The summed E-state index contributed by atoms with van der Waals surface area (Å²) in [6, 6.07) is 4.85. The molecule has 0 bridgehead atoms. The molecule has 1 aromatic rings. The van der Waals surface area contributed by atoms with Crippen LogP contribution in [0.3, 0.4) is 0 Å². The lowest BCUT2D eigenvalue weighted by Gasteiger charge is -2.10. The van der Waals surface area contributed by atoms with E-state index >= 15 is 0 Å². The predicted octanol–water partition coefficient (Wildman–Crippen LogP) is 3.24. The van der Waals surface area contributed by atoms with Crippen molar-refractivity contribution >= 4 is 11.8 Å². The third-order valence-corrected chi connectivity index (χ3v) is 3.38. The van der Waals surface area contributed by atoms with Crippen LogP contribution in [0.2, 0.25) is 0 Å². The van der Waals surface area contributed by atoms with Crippen molar-refractivity contribution in [1.29, 1.82) is 0 Å². The van der Waals surface area contributed by atoms with E-state index in [1.165, 1.54) is 12.1 Å². The molecule has 1 rings (SSSR count). The van der Waals surface area contributed by atoms with E-state index < -0.39 is 0 Å². The van der Waals surface area contributed by atoms with Gasteiger partial charge in [0.15, 0.2) is 0 Å².